The standard InChI is InChI=1S/C46H62O9/c1-31(2)42(47)52-28-40(26-19-33-17-24-38(25-18-33)46(5,6)7)54-44(49)36-20-13-34(14-21-36)27-35-15-22-37(23-16-35)45(50)55-41(30-53-43(48)32(3)4)29-51-39-11-9-8-10-12-39/h8-12,17-18,24-25,34-37,40-41H,1,3,13-16,19-23,26-30H2,2,4-7H3. The monoisotopic (exact) mass is 758 g/mol. The molecule has 2 aliphatic rings. The van der Waals surface area contributed by atoms with Crippen LogP contribution in [0.25, 0.3) is 0 Å². The van der Waals surface area contributed by atoms with Crippen molar-refractivity contribution in [3.63, 3.8) is 0 Å². The van der Waals surface area contributed by atoms with Crippen LogP contribution in [-0.4, -0.2) is 55.9 Å². The number of esters is 4. The van der Waals surface area contributed by atoms with Crippen molar-refractivity contribution < 1.29 is 42.9 Å². The molecule has 0 bridgehead atoms. The Morgan fingerprint density at radius 2 is 1.13 bits per heavy atom. The fraction of sp³-hybridized carbons (Fsp3) is 0.565. The number of rotatable bonds is 18. The molecule has 2 unspecified atom stereocenters. The molecule has 2 aliphatic carbocycles. The minimum Gasteiger partial charge on any atom is -0.490 e. The van der Waals surface area contributed by atoms with Crippen LogP contribution >= 0.6 is 0 Å². The van der Waals surface area contributed by atoms with Crippen molar-refractivity contribution in [1.82, 2.24) is 0 Å². The predicted molar refractivity (Wildman–Crippen MR) is 212 cm³/mol. The minimum atomic E-state index is -0.733. The molecule has 9 heteroatoms. The van der Waals surface area contributed by atoms with Gasteiger partial charge in [-0.05, 0) is 125 Å². The van der Waals surface area contributed by atoms with Crippen LogP contribution < -0.4 is 4.74 Å². The zero-order chi connectivity index (χ0) is 40.0. The molecule has 0 heterocycles. The maximum atomic E-state index is 13.4. The van der Waals surface area contributed by atoms with Gasteiger partial charge in [0.25, 0.3) is 0 Å². The highest BCUT2D eigenvalue weighted by atomic mass is 16.6. The molecule has 2 aromatic carbocycles. The summed E-state index contributed by atoms with van der Waals surface area (Å²) in [5, 5.41) is 0. The summed E-state index contributed by atoms with van der Waals surface area (Å²) >= 11 is 0. The summed E-state index contributed by atoms with van der Waals surface area (Å²) in [6.45, 7) is 17.0. The second-order valence-corrected chi connectivity index (χ2v) is 16.7. The van der Waals surface area contributed by atoms with Gasteiger partial charge < -0.3 is 23.7 Å². The number of carbonyl (C=O) groups is 4. The van der Waals surface area contributed by atoms with E-state index in [0.29, 0.717) is 36.0 Å². The van der Waals surface area contributed by atoms with Crippen molar-refractivity contribution >= 4 is 23.9 Å². The Morgan fingerprint density at radius 3 is 1.60 bits per heavy atom. The third-order valence-corrected chi connectivity index (χ3v) is 10.8. The SMILES string of the molecule is C=C(C)C(=O)OCC(CCc1ccc(C(C)(C)C)cc1)OC(=O)C1CCC(CC2CCC(C(=O)OC(COC(=O)C(=C)C)COc3ccccc3)CC2)CC1. The van der Waals surface area contributed by atoms with E-state index < -0.39 is 24.1 Å². The van der Waals surface area contributed by atoms with Crippen LogP contribution in [0.3, 0.4) is 0 Å². The number of hydrogen-bond donors (Lipinski definition) is 0. The Morgan fingerprint density at radius 1 is 0.655 bits per heavy atom. The number of ether oxygens (including phenoxy) is 5. The van der Waals surface area contributed by atoms with Gasteiger partial charge >= 0.3 is 23.9 Å². The molecule has 300 valence electrons. The summed E-state index contributed by atoms with van der Waals surface area (Å²) in [6, 6.07) is 17.7. The van der Waals surface area contributed by atoms with Crippen molar-refractivity contribution in [3.05, 3.63) is 90.0 Å². The second kappa shape index (κ2) is 21.1. The average Bonchev–Trinajstić information content (AvgIpc) is 3.17. The van der Waals surface area contributed by atoms with E-state index in [1.807, 2.05) is 30.3 Å². The maximum absolute atomic E-state index is 13.4. The van der Waals surface area contributed by atoms with Gasteiger partial charge in [-0.1, -0.05) is 76.4 Å². The van der Waals surface area contributed by atoms with Gasteiger partial charge in [-0.15, -0.1) is 0 Å². The van der Waals surface area contributed by atoms with Crippen molar-refractivity contribution in [2.45, 2.75) is 123 Å². The first-order chi connectivity index (χ1) is 26.2. The predicted octanol–water partition coefficient (Wildman–Crippen LogP) is 9.06. The van der Waals surface area contributed by atoms with Crippen LogP contribution in [0.4, 0.5) is 0 Å². The van der Waals surface area contributed by atoms with E-state index in [2.05, 4.69) is 58.2 Å². The molecule has 0 radical (unpaired) electrons. The van der Waals surface area contributed by atoms with Gasteiger partial charge in [0.05, 0.1) is 11.8 Å². The van der Waals surface area contributed by atoms with Gasteiger partial charge in [-0.2, -0.15) is 0 Å². The highest BCUT2D eigenvalue weighted by Gasteiger charge is 2.34. The Balaban J connectivity index is 1.20. The molecule has 0 saturated heterocycles. The van der Waals surface area contributed by atoms with Crippen LogP contribution in [0.5, 0.6) is 5.75 Å². The molecule has 2 aromatic rings. The number of aryl methyl sites for hydroxylation is 1. The Labute approximate surface area is 328 Å². The molecule has 55 heavy (non-hydrogen) atoms. The van der Waals surface area contributed by atoms with E-state index in [1.54, 1.807) is 13.8 Å². The lowest BCUT2D eigenvalue weighted by atomic mass is 9.73. The molecule has 0 aromatic heterocycles. The lowest BCUT2D eigenvalue weighted by molar-refractivity contribution is -0.164. The van der Waals surface area contributed by atoms with Gasteiger partial charge in [0.15, 0.2) is 6.10 Å². The topological polar surface area (TPSA) is 114 Å². The Kier molecular flexibility index (Phi) is 16.6. The highest BCUT2D eigenvalue weighted by Crippen LogP contribution is 2.39. The van der Waals surface area contributed by atoms with E-state index in [-0.39, 0.29) is 54.6 Å². The average molecular weight is 759 g/mol. The summed E-state index contributed by atoms with van der Waals surface area (Å²) in [7, 11) is 0. The molecular formula is C46H62O9. The molecule has 4 rings (SSSR count). The molecule has 9 nitrogen and oxygen atoms in total. The summed E-state index contributed by atoms with van der Waals surface area (Å²) in [5.74, 6) is -0.188. The van der Waals surface area contributed by atoms with Crippen LogP contribution in [0, 0.1) is 23.7 Å². The van der Waals surface area contributed by atoms with Gasteiger partial charge in [-0.25, -0.2) is 9.59 Å². The quantitative estimate of drug-likeness (QED) is 0.0835. The van der Waals surface area contributed by atoms with Crippen molar-refractivity contribution in [2.24, 2.45) is 23.7 Å². The lowest BCUT2D eigenvalue weighted by Crippen LogP contribution is -2.34. The van der Waals surface area contributed by atoms with E-state index >= 15 is 0 Å². The van der Waals surface area contributed by atoms with Gasteiger partial charge in [0.1, 0.15) is 31.7 Å². The zero-order valence-electron chi connectivity index (χ0n) is 33.6. The van der Waals surface area contributed by atoms with Crippen LogP contribution in [0.15, 0.2) is 78.9 Å². The number of hydrogen-bond acceptors (Lipinski definition) is 9. The molecule has 2 saturated carbocycles. The van der Waals surface area contributed by atoms with Crippen LogP contribution in [0.1, 0.15) is 110 Å². The Bertz CT molecular complexity index is 1570. The van der Waals surface area contributed by atoms with Gasteiger partial charge in [-0.3, -0.25) is 9.59 Å². The van der Waals surface area contributed by atoms with Crippen molar-refractivity contribution in [1.29, 1.82) is 0 Å². The smallest absolute Gasteiger partial charge is 0.333 e. The lowest BCUT2D eigenvalue weighted by Gasteiger charge is -2.33. The van der Waals surface area contributed by atoms with Crippen molar-refractivity contribution in [2.75, 3.05) is 19.8 Å². The molecule has 0 spiro atoms. The maximum Gasteiger partial charge on any atom is 0.333 e. The van der Waals surface area contributed by atoms with Crippen LogP contribution in [0.2, 0.25) is 0 Å². The summed E-state index contributed by atoms with van der Waals surface area (Å²) < 4.78 is 28.4. The minimum absolute atomic E-state index is 0.00759. The number of para-hydroxylation sites is 1. The first-order valence-electron chi connectivity index (χ1n) is 20.0. The zero-order valence-corrected chi connectivity index (χ0v) is 33.6. The van der Waals surface area contributed by atoms with E-state index in [9.17, 15) is 19.2 Å². The summed E-state index contributed by atoms with van der Waals surface area (Å²) in [5.41, 5.74) is 3.06. The fourth-order valence-corrected chi connectivity index (χ4v) is 7.34. The van der Waals surface area contributed by atoms with E-state index in [4.69, 9.17) is 23.7 Å². The Hall–Kier alpha value is -4.40. The third kappa shape index (κ3) is 14.6. The molecule has 0 N–H and O–H groups in total. The fourth-order valence-electron chi connectivity index (χ4n) is 7.34. The summed E-state index contributed by atoms with van der Waals surface area (Å²) in [6.07, 6.45) is 7.95. The summed E-state index contributed by atoms with van der Waals surface area (Å²) in [4.78, 5) is 50.8. The first kappa shape index (κ1) is 43.3. The van der Waals surface area contributed by atoms with E-state index in [1.165, 1.54) is 5.56 Å². The molecule has 0 amide bonds. The number of carbonyl (C=O) groups excluding carboxylic acids is 4. The van der Waals surface area contributed by atoms with Crippen LogP contribution in [-0.2, 0) is 50.0 Å². The number of benzene rings is 2. The largest absolute Gasteiger partial charge is 0.490 e. The second-order valence-electron chi connectivity index (χ2n) is 16.7. The van der Waals surface area contributed by atoms with E-state index in [0.717, 1.165) is 63.4 Å². The third-order valence-electron chi connectivity index (χ3n) is 10.8. The first-order valence-corrected chi connectivity index (χ1v) is 20.0. The van der Waals surface area contributed by atoms with Crippen molar-refractivity contribution in [3.8, 4) is 5.75 Å². The molecule has 2 fully saturated rings. The molecule has 0 aliphatic heterocycles. The van der Waals surface area contributed by atoms with Gasteiger partial charge in [0, 0.05) is 11.1 Å². The van der Waals surface area contributed by atoms with Gasteiger partial charge in [0.2, 0.25) is 0 Å². The highest BCUT2D eigenvalue weighted by molar-refractivity contribution is 5.87. The molecule has 2 atom stereocenters. The molecular weight excluding hydrogens is 696 g/mol. The normalized spacial score (nSPS) is 21.0.